The normalized spacial score (nSPS) is 42.0. The molecule has 0 N–H and O–H groups in total. The second-order valence-corrected chi connectivity index (χ2v) is 19.9. The molecule has 2 saturated heterocycles. The van der Waals surface area contributed by atoms with E-state index in [9.17, 15) is 14.4 Å². The van der Waals surface area contributed by atoms with Crippen LogP contribution in [0, 0.1) is 50.7 Å². The van der Waals surface area contributed by atoms with Crippen LogP contribution in [0.5, 0.6) is 0 Å². The molecule has 2 aliphatic heterocycles. The van der Waals surface area contributed by atoms with E-state index in [0.717, 1.165) is 64.2 Å². The Morgan fingerprint density at radius 1 is 0.827 bits per heavy atom. The first kappa shape index (κ1) is 36.0. The van der Waals surface area contributed by atoms with Gasteiger partial charge in [0.25, 0.3) is 5.91 Å². The van der Waals surface area contributed by atoms with Gasteiger partial charge in [0.1, 0.15) is 11.9 Å². The van der Waals surface area contributed by atoms with Crippen LogP contribution in [0.15, 0.2) is 41.5 Å². The highest BCUT2D eigenvalue weighted by Crippen LogP contribution is 2.76. The third-order valence-electron chi connectivity index (χ3n) is 17.0. The Bertz CT molecular complexity index is 1700. The lowest BCUT2D eigenvalue weighted by molar-refractivity contribution is -0.213. The summed E-state index contributed by atoms with van der Waals surface area (Å²) in [6.45, 7) is 19.4. The number of carbonyl (C=O) groups excluding carboxylic acids is 4. The SMILES string of the molecule is CC(=O)O[C@H]1CC[C@]2(C)[C@H]3CCC4=C5C(C(C)C)C(=O)C[C@]5(C(=O)N5C6CCC5CN(C(=O)c5ccccc5)C6)CC[C@@]4(C)[C@]3(C)CC[C@H]2C1(C)C. The van der Waals surface area contributed by atoms with Crippen molar-refractivity contribution in [1.29, 1.82) is 0 Å². The number of allylic oxidation sites excluding steroid dienone is 1. The fourth-order valence-corrected chi connectivity index (χ4v) is 14.6. The maximum absolute atomic E-state index is 15.4. The smallest absolute Gasteiger partial charge is 0.302 e. The van der Waals surface area contributed by atoms with E-state index in [1.54, 1.807) is 6.92 Å². The average molecular weight is 711 g/mol. The van der Waals surface area contributed by atoms with Crippen LogP contribution in [0.3, 0.4) is 0 Å². The van der Waals surface area contributed by atoms with Crippen LogP contribution in [0.2, 0.25) is 0 Å². The minimum absolute atomic E-state index is 0.00464. The number of likely N-dealkylation sites (tertiary alicyclic amines) is 1. The first-order valence-electron chi connectivity index (χ1n) is 20.6. The van der Waals surface area contributed by atoms with Crippen LogP contribution in [-0.2, 0) is 19.1 Å². The highest BCUT2D eigenvalue weighted by atomic mass is 16.5. The van der Waals surface area contributed by atoms with Crippen molar-refractivity contribution in [2.75, 3.05) is 13.1 Å². The molecule has 7 nitrogen and oxygen atoms in total. The molecule has 2 amide bonds. The molecule has 5 aliphatic carbocycles. The summed E-state index contributed by atoms with van der Waals surface area (Å²) in [5.74, 6) is 1.24. The van der Waals surface area contributed by atoms with E-state index >= 15 is 4.79 Å². The second kappa shape index (κ2) is 12.0. The maximum atomic E-state index is 15.4. The molecule has 282 valence electrons. The molecule has 8 rings (SSSR count). The van der Waals surface area contributed by atoms with Gasteiger partial charge in [0, 0.05) is 55.4 Å². The number of nitrogens with zero attached hydrogens (tertiary/aromatic N) is 2. The number of Topliss-reactive ketones (excluding diaryl/α,β-unsaturated/α-hetero) is 1. The number of hydrogen-bond acceptors (Lipinski definition) is 5. The number of benzene rings is 1. The molecule has 6 fully saturated rings. The van der Waals surface area contributed by atoms with Crippen molar-refractivity contribution >= 4 is 23.6 Å². The van der Waals surface area contributed by atoms with Crippen LogP contribution >= 0.6 is 0 Å². The van der Waals surface area contributed by atoms with E-state index in [2.05, 4.69) is 53.4 Å². The third-order valence-corrected chi connectivity index (χ3v) is 17.0. The summed E-state index contributed by atoms with van der Waals surface area (Å²) in [5, 5.41) is 0. The van der Waals surface area contributed by atoms with E-state index in [0.29, 0.717) is 36.9 Å². The summed E-state index contributed by atoms with van der Waals surface area (Å²) in [6.07, 6.45) is 10.0. The highest BCUT2D eigenvalue weighted by Gasteiger charge is 2.70. The van der Waals surface area contributed by atoms with Gasteiger partial charge in [-0.3, -0.25) is 19.2 Å². The highest BCUT2D eigenvalue weighted by molar-refractivity contribution is 6.01. The van der Waals surface area contributed by atoms with Gasteiger partial charge in [0.05, 0.1) is 5.41 Å². The maximum Gasteiger partial charge on any atom is 0.302 e. The zero-order valence-electron chi connectivity index (χ0n) is 33.1. The summed E-state index contributed by atoms with van der Waals surface area (Å²) in [4.78, 5) is 59.6. The molecule has 7 aliphatic rings. The second-order valence-electron chi connectivity index (χ2n) is 19.9. The molecule has 0 spiro atoms. The number of carbonyl (C=O) groups is 4. The molecule has 0 radical (unpaired) electrons. The fourth-order valence-electron chi connectivity index (χ4n) is 14.6. The van der Waals surface area contributed by atoms with Crippen molar-refractivity contribution in [2.24, 2.45) is 50.7 Å². The fraction of sp³-hybridized carbons (Fsp3) is 0.733. The minimum Gasteiger partial charge on any atom is -0.462 e. The van der Waals surface area contributed by atoms with E-state index in [1.807, 2.05) is 35.2 Å². The van der Waals surface area contributed by atoms with Gasteiger partial charge in [-0.25, -0.2) is 0 Å². The minimum atomic E-state index is -0.762. The summed E-state index contributed by atoms with van der Waals surface area (Å²) in [6, 6.07) is 9.50. The third kappa shape index (κ3) is 4.81. The van der Waals surface area contributed by atoms with E-state index in [4.69, 9.17) is 4.74 Å². The Balaban J connectivity index is 1.14. The predicted molar refractivity (Wildman–Crippen MR) is 201 cm³/mol. The predicted octanol–water partition coefficient (Wildman–Crippen LogP) is 8.41. The molecule has 10 atom stereocenters. The van der Waals surface area contributed by atoms with Gasteiger partial charge in [-0.05, 0) is 116 Å². The molecule has 52 heavy (non-hydrogen) atoms. The summed E-state index contributed by atoms with van der Waals surface area (Å²) < 4.78 is 5.97. The quantitative estimate of drug-likeness (QED) is 0.232. The van der Waals surface area contributed by atoms with Crippen LogP contribution in [-0.4, -0.2) is 64.6 Å². The Labute approximate surface area is 311 Å². The van der Waals surface area contributed by atoms with E-state index < -0.39 is 5.41 Å². The van der Waals surface area contributed by atoms with E-state index in [1.165, 1.54) is 11.1 Å². The monoisotopic (exact) mass is 710 g/mol. The van der Waals surface area contributed by atoms with Crippen LogP contribution in [0.25, 0.3) is 0 Å². The summed E-state index contributed by atoms with van der Waals surface area (Å²) in [7, 11) is 0. The number of piperazine rings is 1. The van der Waals surface area contributed by atoms with Crippen molar-refractivity contribution in [3.8, 4) is 0 Å². The first-order chi connectivity index (χ1) is 24.5. The number of esters is 1. The molecular formula is C45H62N2O5. The standard InChI is InChI=1S/C45H62N2O5/c1-27(2)37-33(49)24-45(40(51)47-30-14-15-31(47)26-46(25-30)39(50)29-12-10-9-11-13-29)23-22-43(7)32(38(37)45)16-17-35-42(6)20-19-36(52-28(3)48)41(4,5)34(42)18-21-44(35,43)8/h9-13,27,30-31,34-37H,14-26H2,1-8H3/t30?,31?,34-,35+,36-,37?,42-,43+,44+,45+/m0/s1. The van der Waals surface area contributed by atoms with Gasteiger partial charge in [0.15, 0.2) is 0 Å². The molecular weight excluding hydrogens is 649 g/mol. The van der Waals surface area contributed by atoms with Gasteiger partial charge >= 0.3 is 5.97 Å². The lowest BCUT2D eigenvalue weighted by atomic mass is 9.34. The van der Waals surface area contributed by atoms with Crippen molar-refractivity contribution in [2.45, 2.75) is 144 Å². The van der Waals surface area contributed by atoms with Gasteiger partial charge < -0.3 is 14.5 Å². The number of rotatable bonds is 4. The number of amides is 2. The van der Waals surface area contributed by atoms with E-state index in [-0.39, 0.29) is 75.3 Å². The molecule has 3 unspecified atom stereocenters. The van der Waals surface area contributed by atoms with Crippen LogP contribution in [0.1, 0.15) is 136 Å². The van der Waals surface area contributed by atoms with Gasteiger partial charge in [0.2, 0.25) is 5.91 Å². The zero-order valence-corrected chi connectivity index (χ0v) is 33.1. The summed E-state index contributed by atoms with van der Waals surface area (Å²) >= 11 is 0. The summed E-state index contributed by atoms with van der Waals surface area (Å²) in [5.41, 5.74) is 2.62. The molecule has 4 saturated carbocycles. The topological polar surface area (TPSA) is 84.0 Å². The largest absolute Gasteiger partial charge is 0.462 e. The molecule has 1 aromatic rings. The number of ether oxygens (including phenoxy) is 1. The number of hydrogen-bond donors (Lipinski definition) is 0. The van der Waals surface area contributed by atoms with Gasteiger partial charge in [-0.2, -0.15) is 0 Å². The lowest BCUT2D eigenvalue weighted by Gasteiger charge is -2.70. The van der Waals surface area contributed by atoms with Gasteiger partial charge in [-0.1, -0.05) is 72.2 Å². The van der Waals surface area contributed by atoms with Crippen molar-refractivity contribution in [3.05, 3.63) is 47.0 Å². The molecule has 1 aromatic carbocycles. The molecule has 7 heteroatoms. The van der Waals surface area contributed by atoms with Crippen LogP contribution in [0.4, 0.5) is 0 Å². The molecule has 0 aromatic heterocycles. The Morgan fingerprint density at radius 2 is 1.50 bits per heavy atom. The Kier molecular flexibility index (Phi) is 8.33. The van der Waals surface area contributed by atoms with Crippen molar-refractivity contribution in [3.63, 3.8) is 0 Å². The average Bonchev–Trinajstić information content (AvgIpc) is 3.55. The zero-order chi connectivity index (χ0) is 37.2. The Morgan fingerprint density at radius 3 is 2.13 bits per heavy atom. The molecule has 2 heterocycles. The lowest BCUT2D eigenvalue weighted by Crippen LogP contribution is -2.65. The number of fused-ring (bicyclic) bond motifs is 8. The van der Waals surface area contributed by atoms with Crippen LogP contribution < -0.4 is 0 Å². The van der Waals surface area contributed by atoms with Crippen molar-refractivity contribution in [1.82, 2.24) is 9.80 Å². The Hall–Kier alpha value is -2.96. The molecule has 2 bridgehead atoms. The van der Waals surface area contributed by atoms with Crippen molar-refractivity contribution < 1.29 is 23.9 Å². The van der Waals surface area contributed by atoms with Gasteiger partial charge in [-0.15, -0.1) is 0 Å². The first-order valence-corrected chi connectivity index (χ1v) is 20.6. The number of ketones is 1.